The quantitative estimate of drug-likeness (QED) is 0.905. The monoisotopic (exact) mass is 274 g/mol. The van der Waals surface area contributed by atoms with Crippen molar-refractivity contribution in [3.63, 3.8) is 0 Å². The fourth-order valence-corrected chi connectivity index (χ4v) is 2.12. The van der Waals surface area contributed by atoms with E-state index in [4.69, 9.17) is 5.11 Å². The SMILES string of the molecule is CCC(CC(=O)O)n1nnnc1-c1ccc(C)c(C)c1. The van der Waals surface area contributed by atoms with Gasteiger partial charge in [0.15, 0.2) is 5.82 Å². The normalized spacial score (nSPS) is 12.3. The van der Waals surface area contributed by atoms with Crippen molar-refractivity contribution in [3.05, 3.63) is 29.3 Å². The van der Waals surface area contributed by atoms with Gasteiger partial charge in [-0.25, -0.2) is 4.68 Å². The van der Waals surface area contributed by atoms with Crippen molar-refractivity contribution in [2.24, 2.45) is 0 Å². The summed E-state index contributed by atoms with van der Waals surface area (Å²) in [5.41, 5.74) is 3.26. The molecule has 1 N–H and O–H groups in total. The van der Waals surface area contributed by atoms with Gasteiger partial charge in [-0.15, -0.1) is 5.10 Å². The van der Waals surface area contributed by atoms with E-state index >= 15 is 0 Å². The summed E-state index contributed by atoms with van der Waals surface area (Å²) in [6.07, 6.45) is 0.675. The minimum Gasteiger partial charge on any atom is -0.481 e. The number of carboxylic acid groups (broad SMARTS) is 1. The summed E-state index contributed by atoms with van der Waals surface area (Å²) in [6.45, 7) is 6.00. The highest BCUT2D eigenvalue weighted by molar-refractivity contribution is 5.67. The fourth-order valence-electron chi connectivity index (χ4n) is 2.12. The molecule has 0 fully saturated rings. The minimum absolute atomic E-state index is 0.0133. The molecule has 1 heterocycles. The number of aliphatic carboxylic acids is 1. The van der Waals surface area contributed by atoms with Gasteiger partial charge in [0.25, 0.3) is 0 Å². The average molecular weight is 274 g/mol. The molecule has 2 aromatic rings. The Morgan fingerprint density at radius 3 is 2.70 bits per heavy atom. The number of nitrogens with zero attached hydrogens (tertiary/aromatic N) is 4. The van der Waals surface area contributed by atoms with Crippen LogP contribution in [0.15, 0.2) is 18.2 Å². The summed E-state index contributed by atoms with van der Waals surface area (Å²) in [5, 5.41) is 20.7. The van der Waals surface area contributed by atoms with Crippen LogP contribution in [0.4, 0.5) is 0 Å². The van der Waals surface area contributed by atoms with Crippen LogP contribution in [0.5, 0.6) is 0 Å². The lowest BCUT2D eigenvalue weighted by atomic mass is 10.1. The fraction of sp³-hybridized carbons (Fsp3) is 0.429. The third-order valence-corrected chi connectivity index (χ3v) is 3.49. The average Bonchev–Trinajstić information content (AvgIpc) is 2.88. The zero-order chi connectivity index (χ0) is 14.7. The molecule has 1 aromatic heterocycles. The van der Waals surface area contributed by atoms with Gasteiger partial charge in [0.1, 0.15) is 0 Å². The molecule has 6 heteroatoms. The molecule has 2 rings (SSSR count). The maximum Gasteiger partial charge on any atom is 0.305 e. The van der Waals surface area contributed by atoms with E-state index in [2.05, 4.69) is 15.5 Å². The van der Waals surface area contributed by atoms with Gasteiger partial charge in [0.05, 0.1) is 12.5 Å². The zero-order valence-electron chi connectivity index (χ0n) is 11.9. The molecular weight excluding hydrogens is 256 g/mol. The van der Waals surface area contributed by atoms with E-state index in [1.807, 2.05) is 39.0 Å². The van der Waals surface area contributed by atoms with Gasteiger partial charge in [0.2, 0.25) is 0 Å². The van der Waals surface area contributed by atoms with Crippen LogP contribution < -0.4 is 0 Å². The summed E-state index contributed by atoms with van der Waals surface area (Å²) in [7, 11) is 0. The first-order chi connectivity index (χ1) is 9.52. The molecule has 0 aliphatic rings. The van der Waals surface area contributed by atoms with Crippen molar-refractivity contribution in [1.82, 2.24) is 20.2 Å². The van der Waals surface area contributed by atoms with Crippen LogP contribution in [-0.4, -0.2) is 31.3 Å². The second-order valence-corrected chi connectivity index (χ2v) is 4.91. The Morgan fingerprint density at radius 2 is 2.10 bits per heavy atom. The van der Waals surface area contributed by atoms with Gasteiger partial charge in [-0.1, -0.05) is 19.1 Å². The first-order valence-corrected chi connectivity index (χ1v) is 6.60. The van der Waals surface area contributed by atoms with E-state index < -0.39 is 5.97 Å². The van der Waals surface area contributed by atoms with E-state index in [0.29, 0.717) is 12.2 Å². The molecule has 0 aliphatic carbocycles. The van der Waals surface area contributed by atoms with Crippen molar-refractivity contribution in [2.75, 3.05) is 0 Å². The van der Waals surface area contributed by atoms with Crippen molar-refractivity contribution in [3.8, 4) is 11.4 Å². The van der Waals surface area contributed by atoms with E-state index in [-0.39, 0.29) is 12.5 Å². The van der Waals surface area contributed by atoms with Gasteiger partial charge in [0, 0.05) is 5.56 Å². The number of tetrazole rings is 1. The molecule has 1 atom stereocenters. The number of hydrogen-bond donors (Lipinski definition) is 1. The predicted molar refractivity (Wildman–Crippen MR) is 74.3 cm³/mol. The third kappa shape index (κ3) is 2.84. The van der Waals surface area contributed by atoms with Crippen LogP contribution in [0.2, 0.25) is 0 Å². The lowest BCUT2D eigenvalue weighted by Gasteiger charge is -2.14. The van der Waals surface area contributed by atoms with Crippen LogP contribution in [0.3, 0.4) is 0 Å². The third-order valence-electron chi connectivity index (χ3n) is 3.49. The topological polar surface area (TPSA) is 80.9 Å². The van der Waals surface area contributed by atoms with Gasteiger partial charge >= 0.3 is 5.97 Å². The number of benzene rings is 1. The summed E-state index contributed by atoms with van der Waals surface area (Å²) < 4.78 is 1.61. The number of hydrogen-bond acceptors (Lipinski definition) is 4. The van der Waals surface area contributed by atoms with E-state index in [0.717, 1.165) is 11.1 Å². The maximum atomic E-state index is 10.9. The highest BCUT2D eigenvalue weighted by Crippen LogP contribution is 2.24. The minimum atomic E-state index is -0.849. The van der Waals surface area contributed by atoms with Gasteiger partial charge in [-0.05, 0) is 47.9 Å². The summed E-state index contributed by atoms with van der Waals surface area (Å²) in [5.74, 6) is -0.236. The molecule has 0 aliphatic heterocycles. The molecule has 106 valence electrons. The molecular formula is C14H18N4O2. The van der Waals surface area contributed by atoms with Crippen molar-refractivity contribution < 1.29 is 9.90 Å². The number of rotatable bonds is 5. The van der Waals surface area contributed by atoms with Crippen LogP contribution in [0.25, 0.3) is 11.4 Å². The van der Waals surface area contributed by atoms with E-state index in [1.54, 1.807) is 4.68 Å². The summed E-state index contributed by atoms with van der Waals surface area (Å²) in [4.78, 5) is 10.9. The number of aryl methyl sites for hydroxylation is 2. The largest absolute Gasteiger partial charge is 0.481 e. The van der Waals surface area contributed by atoms with Crippen molar-refractivity contribution in [1.29, 1.82) is 0 Å². The first kappa shape index (κ1) is 14.2. The van der Waals surface area contributed by atoms with Gasteiger partial charge in [-0.3, -0.25) is 4.79 Å². The van der Waals surface area contributed by atoms with Crippen LogP contribution in [-0.2, 0) is 4.79 Å². The number of carbonyl (C=O) groups is 1. The van der Waals surface area contributed by atoms with Crippen LogP contribution in [0.1, 0.15) is 36.9 Å². The molecule has 6 nitrogen and oxygen atoms in total. The van der Waals surface area contributed by atoms with Gasteiger partial charge in [-0.2, -0.15) is 0 Å². The Labute approximate surface area is 117 Å². The highest BCUT2D eigenvalue weighted by Gasteiger charge is 2.19. The maximum absolute atomic E-state index is 10.9. The lowest BCUT2D eigenvalue weighted by Crippen LogP contribution is -2.15. The Morgan fingerprint density at radius 1 is 1.35 bits per heavy atom. The smallest absolute Gasteiger partial charge is 0.305 e. The molecule has 1 aromatic carbocycles. The molecule has 1 unspecified atom stereocenters. The molecule has 0 amide bonds. The predicted octanol–water partition coefficient (Wildman–Crippen LogP) is 2.38. The molecule has 0 spiro atoms. The Hall–Kier alpha value is -2.24. The standard InChI is InChI=1S/C14H18N4O2/c1-4-12(8-13(19)20)18-14(15-16-17-18)11-6-5-9(2)10(3)7-11/h5-7,12H,4,8H2,1-3H3,(H,19,20). The molecule has 0 bridgehead atoms. The number of aromatic nitrogens is 4. The molecule has 0 saturated carbocycles. The Kier molecular flexibility index (Phi) is 4.12. The zero-order valence-corrected chi connectivity index (χ0v) is 11.9. The highest BCUT2D eigenvalue weighted by atomic mass is 16.4. The van der Waals surface area contributed by atoms with E-state index in [9.17, 15) is 4.79 Å². The van der Waals surface area contributed by atoms with Crippen molar-refractivity contribution in [2.45, 2.75) is 39.7 Å². The second kappa shape index (κ2) is 5.81. The van der Waals surface area contributed by atoms with Crippen molar-refractivity contribution >= 4 is 5.97 Å². The molecule has 20 heavy (non-hydrogen) atoms. The van der Waals surface area contributed by atoms with Crippen LogP contribution in [0, 0.1) is 13.8 Å². The Bertz CT molecular complexity index is 621. The molecule has 0 saturated heterocycles. The van der Waals surface area contributed by atoms with Crippen LogP contribution >= 0.6 is 0 Å². The first-order valence-electron chi connectivity index (χ1n) is 6.60. The Balaban J connectivity index is 2.40. The van der Waals surface area contributed by atoms with Gasteiger partial charge < -0.3 is 5.11 Å². The summed E-state index contributed by atoms with van der Waals surface area (Å²) >= 11 is 0. The van der Waals surface area contributed by atoms with E-state index in [1.165, 1.54) is 5.56 Å². The second-order valence-electron chi connectivity index (χ2n) is 4.91. The molecule has 0 radical (unpaired) electrons. The number of carboxylic acids is 1. The lowest BCUT2D eigenvalue weighted by molar-refractivity contribution is -0.138. The summed E-state index contributed by atoms with van der Waals surface area (Å²) in [6, 6.07) is 5.75.